The molecule has 2 aliphatic heterocycles. The highest BCUT2D eigenvalue weighted by molar-refractivity contribution is 8.26. The van der Waals surface area contributed by atoms with Gasteiger partial charge in [0.25, 0.3) is 5.91 Å². The molecule has 4 heterocycles. The molecule has 9 heteroatoms. The van der Waals surface area contributed by atoms with Crippen molar-refractivity contribution in [1.82, 2.24) is 24.8 Å². The van der Waals surface area contributed by atoms with Crippen molar-refractivity contribution in [2.24, 2.45) is 0 Å². The van der Waals surface area contributed by atoms with E-state index in [0.717, 1.165) is 43.1 Å². The molecular weight excluding hydrogens is 416 g/mol. The molecular formula is C21H20N6OS2. The van der Waals surface area contributed by atoms with Gasteiger partial charge in [-0.2, -0.15) is 5.10 Å². The standard InChI is InChI=1S/C21H20N6OS2/c1-25-8-10-26(11-9-25)16-5-2-14(3-6-16)17-13-22-19-7-4-15(24-27(17)19)12-18-20(28)23-21(29)30-18/h2-7,12-13H,8-11H2,1H3,(H,23,28,29). The van der Waals surface area contributed by atoms with E-state index in [4.69, 9.17) is 12.2 Å². The molecule has 1 amide bonds. The number of thioether (sulfide) groups is 1. The summed E-state index contributed by atoms with van der Waals surface area (Å²) in [6.45, 7) is 4.25. The van der Waals surface area contributed by atoms with Gasteiger partial charge in [0.15, 0.2) is 5.65 Å². The van der Waals surface area contributed by atoms with E-state index in [9.17, 15) is 4.79 Å². The smallest absolute Gasteiger partial charge is 0.263 e. The number of amides is 1. The fourth-order valence-corrected chi connectivity index (χ4v) is 4.65. The van der Waals surface area contributed by atoms with Crippen LogP contribution < -0.4 is 10.2 Å². The van der Waals surface area contributed by atoms with Gasteiger partial charge in [0, 0.05) is 37.4 Å². The molecule has 2 aromatic heterocycles. The number of carbonyl (C=O) groups is 1. The lowest BCUT2D eigenvalue weighted by molar-refractivity contribution is -0.115. The molecule has 0 saturated carbocycles. The first kappa shape index (κ1) is 19.2. The van der Waals surface area contributed by atoms with Crippen LogP contribution in [-0.2, 0) is 4.79 Å². The van der Waals surface area contributed by atoms with Crippen LogP contribution >= 0.6 is 24.0 Å². The van der Waals surface area contributed by atoms with E-state index in [1.807, 2.05) is 22.8 Å². The summed E-state index contributed by atoms with van der Waals surface area (Å²) < 4.78 is 2.28. The second-order valence-electron chi connectivity index (χ2n) is 7.36. The normalized spacial score (nSPS) is 19.1. The van der Waals surface area contributed by atoms with Crippen LogP contribution in [0.4, 0.5) is 5.69 Å². The van der Waals surface area contributed by atoms with Gasteiger partial charge < -0.3 is 15.1 Å². The van der Waals surface area contributed by atoms with E-state index in [0.29, 0.717) is 14.9 Å². The molecule has 0 atom stereocenters. The maximum atomic E-state index is 11.9. The Balaban J connectivity index is 1.44. The van der Waals surface area contributed by atoms with Crippen molar-refractivity contribution in [3.8, 4) is 11.3 Å². The fourth-order valence-electron chi connectivity index (χ4n) is 3.62. The number of nitrogens with zero attached hydrogens (tertiary/aromatic N) is 5. The molecule has 0 radical (unpaired) electrons. The molecule has 2 fully saturated rings. The van der Waals surface area contributed by atoms with Crippen molar-refractivity contribution in [2.45, 2.75) is 0 Å². The molecule has 7 nitrogen and oxygen atoms in total. The van der Waals surface area contributed by atoms with Gasteiger partial charge >= 0.3 is 0 Å². The van der Waals surface area contributed by atoms with Gasteiger partial charge in [-0.15, -0.1) is 0 Å². The van der Waals surface area contributed by atoms with Gasteiger partial charge in [0.05, 0.1) is 22.5 Å². The van der Waals surface area contributed by atoms with Gasteiger partial charge in [-0.1, -0.05) is 36.1 Å². The zero-order valence-corrected chi connectivity index (χ0v) is 18.0. The predicted molar refractivity (Wildman–Crippen MR) is 124 cm³/mol. The molecule has 5 rings (SSSR count). The molecule has 0 aliphatic carbocycles. The number of imidazole rings is 1. The monoisotopic (exact) mass is 436 g/mol. The summed E-state index contributed by atoms with van der Waals surface area (Å²) in [6.07, 6.45) is 3.58. The maximum Gasteiger partial charge on any atom is 0.263 e. The first-order valence-corrected chi connectivity index (χ1v) is 10.9. The third-order valence-corrected chi connectivity index (χ3v) is 6.50. The Kier molecular flexibility index (Phi) is 5.01. The average molecular weight is 437 g/mol. The number of hydrogen-bond donors (Lipinski definition) is 1. The molecule has 152 valence electrons. The van der Waals surface area contributed by atoms with Gasteiger partial charge in [-0.3, -0.25) is 4.79 Å². The topological polar surface area (TPSA) is 65.8 Å². The van der Waals surface area contributed by atoms with Crippen LogP contribution in [0.3, 0.4) is 0 Å². The molecule has 30 heavy (non-hydrogen) atoms. The van der Waals surface area contributed by atoms with Crippen LogP contribution in [0.25, 0.3) is 23.0 Å². The first-order chi connectivity index (χ1) is 14.6. The third kappa shape index (κ3) is 3.71. The maximum absolute atomic E-state index is 11.9. The van der Waals surface area contributed by atoms with E-state index in [2.05, 4.69) is 56.5 Å². The molecule has 0 bridgehead atoms. The molecule has 3 aromatic rings. The minimum absolute atomic E-state index is 0.183. The van der Waals surface area contributed by atoms with Crippen LogP contribution in [-0.4, -0.2) is 63.0 Å². The summed E-state index contributed by atoms with van der Waals surface area (Å²) in [4.78, 5) is 21.7. The summed E-state index contributed by atoms with van der Waals surface area (Å²) in [5, 5.41) is 7.31. The average Bonchev–Trinajstić information content (AvgIpc) is 3.31. The van der Waals surface area contributed by atoms with Gasteiger partial charge in [0.1, 0.15) is 4.32 Å². The molecule has 1 aromatic carbocycles. The second-order valence-corrected chi connectivity index (χ2v) is 9.08. The van der Waals surface area contributed by atoms with Crippen LogP contribution in [0, 0.1) is 0 Å². The molecule has 0 spiro atoms. The van der Waals surface area contributed by atoms with Crippen molar-refractivity contribution in [2.75, 3.05) is 38.1 Å². The minimum Gasteiger partial charge on any atom is -0.369 e. The number of anilines is 1. The predicted octanol–water partition coefficient (Wildman–Crippen LogP) is 2.64. The van der Waals surface area contributed by atoms with Crippen molar-refractivity contribution in [3.05, 3.63) is 53.2 Å². The molecule has 2 aliphatic rings. The number of piperazine rings is 1. The Labute approximate surface area is 183 Å². The summed E-state index contributed by atoms with van der Waals surface area (Å²) in [7, 11) is 2.16. The number of thiocarbonyl (C=S) groups is 1. The number of aromatic nitrogens is 3. The molecule has 1 N–H and O–H groups in total. The summed E-state index contributed by atoms with van der Waals surface area (Å²) in [6, 6.07) is 12.3. The number of fused-ring (bicyclic) bond motifs is 1. The van der Waals surface area contributed by atoms with E-state index in [1.165, 1.54) is 17.4 Å². The SMILES string of the molecule is CN1CCN(c2ccc(-c3cnc4ccc(C=C5SC(=S)NC5=O)nn34)cc2)CC1. The Morgan fingerprint density at radius 2 is 1.87 bits per heavy atom. The molecule has 0 unspecified atom stereocenters. The summed E-state index contributed by atoms with van der Waals surface area (Å²) in [5.74, 6) is -0.183. The Morgan fingerprint density at radius 1 is 1.10 bits per heavy atom. The highest BCUT2D eigenvalue weighted by atomic mass is 32.2. The quantitative estimate of drug-likeness (QED) is 0.500. The first-order valence-electron chi connectivity index (χ1n) is 9.70. The van der Waals surface area contributed by atoms with Crippen LogP contribution in [0.15, 0.2) is 47.5 Å². The summed E-state index contributed by atoms with van der Waals surface area (Å²) >= 11 is 6.30. The minimum atomic E-state index is -0.183. The summed E-state index contributed by atoms with van der Waals surface area (Å²) in [5.41, 5.74) is 4.63. The lowest BCUT2D eigenvalue weighted by atomic mass is 10.1. The Hall–Kier alpha value is -2.75. The lowest BCUT2D eigenvalue weighted by Gasteiger charge is -2.34. The van der Waals surface area contributed by atoms with Crippen LogP contribution in [0.1, 0.15) is 5.69 Å². The van der Waals surface area contributed by atoms with E-state index in [-0.39, 0.29) is 5.91 Å². The number of rotatable bonds is 3. The van der Waals surface area contributed by atoms with Crippen molar-refractivity contribution in [1.29, 1.82) is 0 Å². The number of nitrogens with one attached hydrogen (secondary N) is 1. The van der Waals surface area contributed by atoms with Crippen LogP contribution in [0.5, 0.6) is 0 Å². The van der Waals surface area contributed by atoms with E-state index >= 15 is 0 Å². The second kappa shape index (κ2) is 7.82. The molecule has 2 saturated heterocycles. The van der Waals surface area contributed by atoms with Crippen LogP contribution in [0.2, 0.25) is 0 Å². The highest BCUT2D eigenvalue weighted by Gasteiger charge is 2.22. The number of benzene rings is 1. The van der Waals surface area contributed by atoms with Crippen molar-refractivity contribution in [3.63, 3.8) is 0 Å². The van der Waals surface area contributed by atoms with Gasteiger partial charge in [-0.25, -0.2) is 9.50 Å². The van der Waals surface area contributed by atoms with E-state index < -0.39 is 0 Å². The fraction of sp³-hybridized carbons (Fsp3) is 0.238. The number of carbonyl (C=O) groups excluding carboxylic acids is 1. The van der Waals surface area contributed by atoms with Crippen molar-refractivity contribution >= 4 is 51.6 Å². The lowest BCUT2D eigenvalue weighted by Crippen LogP contribution is -2.44. The van der Waals surface area contributed by atoms with Gasteiger partial charge in [0.2, 0.25) is 0 Å². The largest absolute Gasteiger partial charge is 0.369 e. The zero-order chi connectivity index (χ0) is 20.7. The van der Waals surface area contributed by atoms with Gasteiger partial charge in [-0.05, 0) is 37.4 Å². The Bertz CT molecular complexity index is 1160. The van der Waals surface area contributed by atoms with Crippen molar-refractivity contribution < 1.29 is 4.79 Å². The van der Waals surface area contributed by atoms with E-state index in [1.54, 1.807) is 6.08 Å². The third-order valence-electron chi connectivity index (χ3n) is 5.34. The highest BCUT2D eigenvalue weighted by Crippen LogP contribution is 2.27. The Morgan fingerprint density at radius 3 is 2.57 bits per heavy atom. The number of hydrogen-bond acceptors (Lipinski definition) is 7. The zero-order valence-electron chi connectivity index (χ0n) is 16.4. The number of likely N-dealkylation sites (N-methyl/N-ethyl adjacent to an activating group) is 1.